The molecule has 0 spiro atoms. The lowest BCUT2D eigenvalue weighted by Gasteiger charge is -1.91. The second-order valence-corrected chi connectivity index (χ2v) is 2.37. The van der Waals surface area contributed by atoms with E-state index in [1.165, 1.54) is 5.56 Å². The van der Waals surface area contributed by atoms with E-state index in [1.54, 1.807) is 0 Å². The molecule has 54 valence electrons. The summed E-state index contributed by atoms with van der Waals surface area (Å²) in [6.07, 6.45) is 2.00. The van der Waals surface area contributed by atoms with E-state index in [1.807, 2.05) is 6.92 Å². The highest BCUT2D eigenvalue weighted by atomic mass is 16.5. The fourth-order valence-corrected chi connectivity index (χ4v) is 1.17. The van der Waals surface area contributed by atoms with Gasteiger partial charge in [0.15, 0.2) is 0 Å². The standard InChI is InChI=1S/C7H12BNO/c1-3-7-6(4-8)5(2)10-9-7/h3-4,8H2,1-2H3. The molecule has 0 saturated carbocycles. The van der Waals surface area contributed by atoms with Gasteiger partial charge in [0, 0.05) is 5.56 Å². The maximum absolute atomic E-state index is 5.03. The molecule has 1 rings (SSSR count). The van der Waals surface area contributed by atoms with E-state index < -0.39 is 0 Å². The third-order valence-corrected chi connectivity index (χ3v) is 1.75. The number of nitrogens with zero attached hydrogens (tertiary/aromatic N) is 1. The van der Waals surface area contributed by atoms with E-state index in [0.29, 0.717) is 0 Å². The summed E-state index contributed by atoms with van der Waals surface area (Å²) in [6, 6.07) is 0. The van der Waals surface area contributed by atoms with Gasteiger partial charge in [-0.15, -0.1) is 0 Å². The Balaban J connectivity index is 3.01. The van der Waals surface area contributed by atoms with Crippen LogP contribution in [0.2, 0.25) is 0 Å². The minimum atomic E-state index is 0.972. The number of aryl methyl sites for hydroxylation is 2. The molecule has 3 heteroatoms. The zero-order valence-electron chi connectivity index (χ0n) is 6.77. The van der Waals surface area contributed by atoms with Gasteiger partial charge in [0.25, 0.3) is 0 Å². The molecule has 0 aromatic carbocycles. The Hall–Kier alpha value is -0.725. The molecule has 2 nitrogen and oxygen atoms in total. The summed E-state index contributed by atoms with van der Waals surface area (Å²) < 4.78 is 5.03. The molecule has 0 aliphatic carbocycles. The van der Waals surface area contributed by atoms with Crippen molar-refractivity contribution >= 4 is 7.85 Å². The number of hydrogen-bond donors (Lipinski definition) is 0. The van der Waals surface area contributed by atoms with Crippen molar-refractivity contribution in [3.8, 4) is 0 Å². The number of rotatable bonds is 2. The van der Waals surface area contributed by atoms with Gasteiger partial charge in [-0.1, -0.05) is 18.4 Å². The van der Waals surface area contributed by atoms with Crippen molar-refractivity contribution < 1.29 is 4.52 Å². The molecular formula is C7H12BNO. The Bertz CT molecular complexity index is 219. The van der Waals surface area contributed by atoms with Crippen molar-refractivity contribution in [3.63, 3.8) is 0 Å². The monoisotopic (exact) mass is 137 g/mol. The summed E-state index contributed by atoms with van der Waals surface area (Å²) in [7, 11) is 2.12. The lowest BCUT2D eigenvalue weighted by Crippen LogP contribution is -1.90. The predicted octanol–water partition coefficient (Wildman–Crippen LogP) is 0.679. The Morgan fingerprint density at radius 2 is 2.30 bits per heavy atom. The van der Waals surface area contributed by atoms with E-state index >= 15 is 0 Å². The fraction of sp³-hybridized carbons (Fsp3) is 0.571. The van der Waals surface area contributed by atoms with Crippen LogP contribution in [0.1, 0.15) is 23.9 Å². The van der Waals surface area contributed by atoms with Crippen LogP contribution in [0.15, 0.2) is 4.52 Å². The van der Waals surface area contributed by atoms with E-state index in [9.17, 15) is 0 Å². The van der Waals surface area contributed by atoms with Gasteiger partial charge >= 0.3 is 0 Å². The molecule has 0 saturated heterocycles. The molecule has 0 amide bonds. The Labute approximate surface area is 62.0 Å². The average Bonchev–Trinajstić information content (AvgIpc) is 2.30. The van der Waals surface area contributed by atoms with Crippen molar-refractivity contribution in [1.29, 1.82) is 0 Å². The van der Waals surface area contributed by atoms with Crippen molar-refractivity contribution in [3.05, 3.63) is 17.0 Å². The molecular weight excluding hydrogens is 125 g/mol. The van der Waals surface area contributed by atoms with Gasteiger partial charge in [-0.25, -0.2) is 0 Å². The van der Waals surface area contributed by atoms with Crippen LogP contribution in [0, 0.1) is 6.92 Å². The molecule has 1 aromatic heterocycles. The normalized spacial score (nSPS) is 10.2. The number of aromatic nitrogens is 1. The van der Waals surface area contributed by atoms with Crippen molar-refractivity contribution in [2.75, 3.05) is 0 Å². The lowest BCUT2D eigenvalue weighted by molar-refractivity contribution is 0.390. The van der Waals surface area contributed by atoms with Crippen LogP contribution in [0.25, 0.3) is 0 Å². The molecule has 1 heterocycles. The van der Waals surface area contributed by atoms with Crippen LogP contribution in [-0.4, -0.2) is 13.0 Å². The van der Waals surface area contributed by atoms with Crippen LogP contribution in [0.3, 0.4) is 0 Å². The predicted molar refractivity (Wildman–Crippen MR) is 42.9 cm³/mol. The van der Waals surface area contributed by atoms with Crippen LogP contribution in [-0.2, 0) is 12.7 Å². The van der Waals surface area contributed by atoms with Gasteiger partial charge in [-0.2, -0.15) is 0 Å². The van der Waals surface area contributed by atoms with Crippen molar-refractivity contribution in [1.82, 2.24) is 5.16 Å². The quantitative estimate of drug-likeness (QED) is 0.560. The maximum Gasteiger partial charge on any atom is 0.136 e. The first-order valence-electron chi connectivity index (χ1n) is 3.73. The summed E-state index contributed by atoms with van der Waals surface area (Å²) >= 11 is 0. The van der Waals surface area contributed by atoms with Gasteiger partial charge in [0.2, 0.25) is 0 Å². The molecule has 0 unspecified atom stereocenters. The molecule has 0 N–H and O–H groups in total. The lowest BCUT2D eigenvalue weighted by atomic mass is 9.95. The smallest absolute Gasteiger partial charge is 0.136 e. The van der Waals surface area contributed by atoms with E-state index in [2.05, 4.69) is 19.9 Å². The Kier molecular flexibility index (Phi) is 2.15. The number of hydrogen-bond acceptors (Lipinski definition) is 2. The average molecular weight is 137 g/mol. The SMILES string of the molecule is BCc1c(CC)noc1C. The zero-order chi connectivity index (χ0) is 7.56. The van der Waals surface area contributed by atoms with E-state index in [4.69, 9.17) is 4.52 Å². The fourth-order valence-electron chi connectivity index (χ4n) is 1.17. The van der Waals surface area contributed by atoms with Gasteiger partial charge < -0.3 is 4.52 Å². The summed E-state index contributed by atoms with van der Waals surface area (Å²) in [5.41, 5.74) is 2.39. The molecule has 0 fully saturated rings. The second kappa shape index (κ2) is 2.91. The topological polar surface area (TPSA) is 26.0 Å². The Morgan fingerprint density at radius 1 is 1.60 bits per heavy atom. The molecule has 10 heavy (non-hydrogen) atoms. The first-order chi connectivity index (χ1) is 4.79. The van der Waals surface area contributed by atoms with Crippen LogP contribution >= 0.6 is 0 Å². The summed E-state index contributed by atoms with van der Waals surface area (Å²) in [4.78, 5) is 0. The minimum Gasteiger partial charge on any atom is -0.361 e. The molecule has 0 aliphatic heterocycles. The zero-order valence-corrected chi connectivity index (χ0v) is 6.77. The molecule has 1 aromatic rings. The largest absolute Gasteiger partial charge is 0.361 e. The second-order valence-electron chi connectivity index (χ2n) is 2.37. The highest BCUT2D eigenvalue weighted by Gasteiger charge is 2.07. The van der Waals surface area contributed by atoms with Crippen LogP contribution in [0.5, 0.6) is 0 Å². The molecule has 0 atom stereocenters. The van der Waals surface area contributed by atoms with Gasteiger partial charge in [-0.3, -0.25) is 0 Å². The van der Waals surface area contributed by atoms with Gasteiger partial charge in [0.05, 0.1) is 5.69 Å². The summed E-state index contributed by atoms with van der Waals surface area (Å²) in [6.45, 7) is 4.06. The van der Waals surface area contributed by atoms with Gasteiger partial charge in [0.1, 0.15) is 13.6 Å². The van der Waals surface area contributed by atoms with Crippen LogP contribution < -0.4 is 0 Å². The van der Waals surface area contributed by atoms with Crippen molar-refractivity contribution in [2.24, 2.45) is 0 Å². The highest BCUT2D eigenvalue weighted by Crippen LogP contribution is 2.12. The third-order valence-electron chi connectivity index (χ3n) is 1.75. The van der Waals surface area contributed by atoms with E-state index in [0.717, 1.165) is 24.2 Å². The molecule has 0 radical (unpaired) electrons. The molecule has 0 aliphatic rings. The Morgan fingerprint density at radius 3 is 2.70 bits per heavy atom. The third kappa shape index (κ3) is 1.08. The summed E-state index contributed by atoms with van der Waals surface area (Å²) in [5.74, 6) is 0.972. The highest BCUT2D eigenvalue weighted by molar-refractivity contribution is 6.08. The molecule has 0 bridgehead atoms. The van der Waals surface area contributed by atoms with Crippen LogP contribution in [0.4, 0.5) is 0 Å². The maximum atomic E-state index is 5.03. The minimum absolute atomic E-state index is 0.972. The summed E-state index contributed by atoms with van der Waals surface area (Å²) in [5, 5.41) is 3.93. The first-order valence-corrected chi connectivity index (χ1v) is 3.73. The van der Waals surface area contributed by atoms with Gasteiger partial charge in [-0.05, 0) is 13.3 Å². The first kappa shape index (κ1) is 7.38. The van der Waals surface area contributed by atoms with E-state index in [-0.39, 0.29) is 0 Å². The van der Waals surface area contributed by atoms with Crippen molar-refractivity contribution in [2.45, 2.75) is 26.6 Å².